The maximum Gasteiger partial charge on any atom is 0.222 e. The van der Waals surface area contributed by atoms with Gasteiger partial charge in [-0.15, -0.1) is 0 Å². The van der Waals surface area contributed by atoms with Crippen molar-refractivity contribution >= 4 is 18.1 Å². The number of nitrogens with one attached hydrogen (secondary N) is 2. The van der Waals surface area contributed by atoms with Crippen LogP contribution in [-0.4, -0.2) is 33.3 Å². The average Bonchev–Trinajstić information content (AvgIpc) is 3.43. The fraction of sp³-hybridized carbons (Fsp3) is 0.591. The van der Waals surface area contributed by atoms with Gasteiger partial charge in [0.1, 0.15) is 5.75 Å². The second kappa shape index (κ2) is 8.69. The summed E-state index contributed by atoms with van der Waals surface area (Å²) in [6.45, 7) is 5.27. The molecule has 4 rings (SSSR count). The number of benzene rings is 1. The van der Waals surface area contributed by atoms with Crippen LogP contribution in [0.2, 0.25) is 0 Å². The molecule has 0 radical (unpaired) electrons. The summed E-state index contributed by atoms with van der Waals surface area (Å²) in [5.74, 6) is 4.00. The quantitative estimate of drug-likeness (QED) is 0.631. The molecule has 6 nitrogen and oxygen atoms in total. The smallest absolute Gasteiger partial charge is 0.222 e. The molecule has 4 atom stereocenters. The molecule has 1 aromatic carbocycles. The summed E-state index contributed by atoms with van der Waals surface area (Å²) in [5.41, 5.74) is 0.941. The van der Waals surface area contributed by atoms with E-state index in [-0.39, 0.29) is 11.9 Å². The van der Waals surface area contributed by atoms with Gasteiger partial charge in [-0.3, -0.25) is 14.5 Å². The zero-order valence-electron chi connectivity index (χ0n) is 17.2. The molecular weight excluding hydrogens is 384 g/mol. The van der Waals surface area contributed by atoms with Crippen molar-refractivity contribution in [3.8, 4) is 17.1 Å². The normalized spacial score (nSPS) is 23.9. The summed E-state index contributed by atoms with van der Waals surface area (Å²) in [6, 6.07) is 8.02. The number of aromatic nitrogens is 3. The van der Waals surface area contributed by atoms with E-state index in [1.54, 1.807) is 0 Å². The second-order valence-corrected chi connectivity index (χ2v) is 8.79. The molecule has 2 aliphatic rings. The molecule has 0 saturated heterocycles. The van der Waals surface area contributed by atoms with Gasteiger partial charge >= 0.3 is 0 Å². The number of nitrogens with zero attached hydrogens (tertiary/aromatic N) is 2. The highest BCUT2D eigenvalue weighted by atomic mass is 32.1. The summed E-state index contributed by atoms with van der Waals surface area (Å²) in [6.07, 6.45) is 5.75. The predicted octanol–water partition coefficient (Wildman–Crippen LogP) is 4.34. The van der Waals surface area contributed by atoms with Crippen molar-refractivity contribution in [3.05, 3.63) is 29.0 Å². The molecule has 2 saturated carbocycles. The molecule has 2 bridgehead atoms. The molecule has 2 N–H and O–H groups in total. The van der Waals surface area contributed by atoms with E-state index in [0.717, 1.165) is 29.0 Å². The lowest BCUT2D eigenvalue weighted by Crippen LogP contribution is -2.40. The lowest BCUT2D eigenvalue weighted by Gasteiger charge is -2.28. The van der Waals surface area contributed by atoms with Crippen LogP contribution in [0.1, 0.15) is 46.0 Å². The monoisotopic (exact) mass is 414 g/mol. The highest BCUT2D eigenvalue weighted by molar-refractivity contribution is 7.71. The number of ether oxygens (including phenoxy) is 1. The van der Waals surface area contributed by atoms with Crippen molar-refractivity contribution < 1.29 is 9.53 Å². The minimum Gasteiger partial charge on any atom is -0.494 e. The molecule has 2 aliphatic carbocycles. The van der Waals surface area contributed by atoms with Crippen LogP contribution in [0.3, 0.4) is 0 Å². The Hall–Kier alpha value is -2.15. The molecule has 2 fully saturated rings. The number of carbonyl (C=O) groups is 1. The van der Waals surface area contributed by atoms with E-state index >= 15 is 0 Å². The largest absolute Gasteiger partial charge is 0.494 e. The lowest BCUT2D eigenvalue weighted by molar-refractivity contribution is -0.122. The number of aromatic amines is 1. The molecule has 29 heavy (non-hydrogen) atoms. The van der Waals surface area contributed by atoms with Crippen molar-refractivity contribution in [1.29, 1.82) is 0 Å². The van der Waals surface area contributed by atoms with E-state index in [4.69, 9.17) is 17.0 Å². The first-order chi connectivity index (χ1) is 14.0. The van der Waals surface area contributed by atoms with Gasteiger partial charge in [0.05, 0.1) is 6.61 Å². The van der Waals surface area contributed by atoms with Gasteiger partial charge in [-0.2, -0.15) is 5.10 Å². The summed E-state index contributed by atoms with van der Waals surface area (Å²) in [7, 11) is 0. The highest BCUT2D eigenvalue weighted by Crippen LogP contribution is 2.49. The van der Waals surface area contributed by atoms with Crippen molar-refractivity contribution in [2.75, 3.05) is 6.61 Å². The summed E-state index contributed by atoms with van der Waals surface area (Å²) in [5, 5.41) is 10.5. The number of carbonyl (C=O) groups excluding carboxylic acids is 1. The van der Waals surface area contributed by atoms with Crippen LogP contribution in [-0.2, 0) is 11.3 Å². The molecule has 0 aliphatic heterocycles. The standard InChI is InChI=1S/C22H30N4O2S/c1-3-28-18-8-6-16(7-9-18)21-24-25-22(29)26(21)11-10-20(27)23-14(2)19-13-15-4-5-17(19)12-15/h6-9,14-15,17,19H,3-5,10-13H2,1-2H3,(H,23,27)(H,25,29). The Morgan fingerprint density at radius 2 is 2.14 bits per heavy atom. The van der Waals surface area contributed by atoms with E-state index in [1.165, 1.54) is 25.7 Å². The fourth-order valence-corrected chi connectivity index (χ4v) is 5.39. The minimum absolute atomic E-state index is 0.0843. The number of hydrogen-bond donors (Lipinski definition) is 2. The number of H-pyrrole nitrogens is 1. The molecule has 2 aromatic rings. The van der Waals surface area contributed by atoms with Crippen LogP contribution in [0.4, 0.5) is 0 Å². The Kier molecular flexibility index (Phi) is 6.04. The van der Waals surface area contributed by atoms with Crippen LogP contribution < -0.4 is 10.1 Å². The predicted molar refractivity (Wildman–Crippen MR) is 115 cm³/mol. The van der Waals surface area contributed by atoms with Gasteiger partial charge in [-0.05, 0) is 87.3 Å². The third kappa shape index (κ3) is 4.39. The van der Waals surface area contributed by atoms with Crippen LogP contribution in [0, 0.1) is 22.5 Å². The van der Waals surface area contributed by atoms with Crippen molar-refractivity contribution in [2.45, 2.75) is 58.5 Å². The summed E-state index contributed by atoms with van der Waals surface area (Å²) < 4.78 is 7.93. The summed E-state index contributed by atoms with van der Waals surface area (Å²) in [4.78, 5) is 12.6. The first-order valence-electron chi connectivity index (χ1n) is 10.7. The Balaban J connectivity index is 1.36. The van der Waals surface area contributed by atoms with Gasteiger partial charge in [0, 0.05) is 24.6 Å². The fourth-order valence-electron chi connectivity index (χ4n) is 5.17. The Morgan fingerprint density at radius 1 is 1.34 bits per heavy atom. The maximum atomic E-state index is 12.6. The first-order valence-corrected chi connectivity index (χ1v) is 11.1. The van der Waals surface area contributed by atoms with Crippen LogP contribution in [0.25, 0.3) is 11.4 Å². The molecular formula is C22H30N4O2S. The van der Waals surface area contributed by atoms with E-state index < -0.39 is 0 Å². The zero-order chi connectivity index (χ0) is 20.4. The Bertz CT molecular complexity index is 904. The van der Waals surface area contributed by atoms with Crippen molar-refractivity contribution in [2.24, 2.45) is 17.8 Å². The van der Waals surface area contributed by atoms with E-state index in [0.29, 0.717) is 30.3 Å². The van der Waals surface area contributed by atoms with Crippen LogP contribution in [0.5, 0.6) is 5.75 Å². The number of hydrogen-bond acceptors (Lipinski definition) is 4. The topological polar surface area (TPSA) is 71.9 Å². The van der Waals surface area contributed by atoms with E-state index in [9.17, 15) is 4.79 Å². The van der Waals surface area contributed by atoms with Gasteiger partial charge in [0.2, 0.25) is 5.91 Å². The van der Waals surface area contributed by atoms with Gasteiger partial charge in [0.25, 0.3) is 0 Å². The number of fused-ring (bicyclic) bond motifs is 2. The highest BCUT2D eigenvalue weighted by Gasteiger charge is 2.42. The van der Waals surface area contributed by atoms with Crippen LogP contribution in [0.15, 0.2) is 24.3 Å². The first kappa shape index (κ1) is 20.1. The van der Waals surface area contributed by atoms with Gasteiger partial charge in [0.15, 0.2) is 10.6 Å². The Morgan fingerprint density at radius 3 is 2.79 bits per heavy atom. The van der Waals surface area contributed by atoms with Gasteiger partial charge in [-0.1, -0.05) is 6.42 Å². The third-order valence-electron chi connectivity index (χ3n) is 6.57. The Labute approximate surface area is 177 Å². The van der Waals surface area contributed by atoms with Crippen molar-refractivity contribution in [1.82, 2.24) is 20.1 Å². The number of amides is 1. The maximum absolute atomic E-state index is 12.6. The van der Waals surface area contributed by atoms with E-state index in [2.05, 4.69) is 22.4 Å². The zero-order valence-corrected chi connectivity index (χ0v) is 18.0. The summed E-state index contributed by atoms with van der Waals surface area (Å²) >= 11 is 5.39. The van der Waals surface area contributed by atoms with E-state index in [1.807, 2.05) is 35.8 Å². The molecule has 1 heterocycles. The molecule has 0 spiro atoms. The molecule has 1 aromatic heterocycles. The SMILES string of the molecule is CCOc1ccc(-c2n[nH]c(=S)n2CCC(=O)NC(C)C2CC3CCC2C3)cc1. The molecule has 1 amide bonds. The second-order valence-electron chi connectivity index (χ2n) is 8.41. The lowest BCUT2D eigenvalue weighted by atomic mass is 9.84. The minimum atomic E-state index is 0.0843. The third-order valence-corrected chi connectivity index (χ3v) is 6.88. The van der Waals surface area contributed by atoms with Gasteiger partial charge in [-0.25, -0.2) is 0 Å². The van der Waals surface area contributed by atoms with Crippen molar-refractivity contribution in [3.63, 3.8) is 0 Å². The molecule has 4 unspecified atom stereocenters. The average molecular weight is 415 g/mol. The molecule has 7 heteroatoms. The van der Waals surface area contributed by atoms with Gasteiger partial charge < -0.3 is 10.1 Å². The van der Waals surface area contributed by atoms with Crippen LogP contribution >= 0.6 is 12.2 Å². The molecule has 156 valence electrons. The number of rotatable bonds is 8.